The highest BCUT2D eigenvalue weighted by Gasteiger charge is 2.44. The maximum absolute atomic E-state index is 10.5. The molecule has 0 bridgehead atoms. The molecule has 1 saturated heterocycles. The minimum Gasteiger partial charge on any atom is -0.493 e. The van der Waals surface area contributed by atoms with Crippen molar-refractivity contribution in [1.82, 2.24) is 0 Å². The van der Waals surface area contributed by atoms with Crippen LogP contribution in [0, 0.1) is 5.41 Å². The number of hydrogen-bond acceptors (Lipinski definition) is 6. The number of rotatable bonds is 8. The van der Waals surface area contributed by atoms with Crippen molar-refractivity contribution in [2.24, 2.45) is 5.41 Å². The van der Waals surface area contributed by atoms with Crippen LogP contribution >= 0.6 is 11.6 Å². The van der Waals surface area contributed by atoms with Crippen LogP contribution in [0.5, 0.6) is 5.75 Å². The molecule has 2 aromatic carbocycles. The molecule has 34 heavy (non-hydrogen) atoms. The van der Waals surface area contributed by atoms with E-state index in [4.69, 9.17) is 21.1 Å². The number of aliphatic hydroxyl groups is 4. The van der Waals surface area contributed by atoms with Crippen LogP contribution in [-0.4, -0.2) is 58.1 Å². The van der Waals surface area contributed by atoms with Crippen LogP contribution in [0.3, 0.4) is 0 Å². The van der Waals surface area contributed by atoms with Crippen LogP contribution in [0.15, 0.2) is 42.5 Å². The highest BCUT2D eigenvalue weighted by Crippen LogP contribution is 2.41. The summed E-state index contributed by atoms with van der Waals surface area (Å²) in [5.41, 5.74) is 2.85. The summed E-state index contributed by atoms with van der Waals surface area (Å²) in [6.45, 7) is 2.55. The fourth-order valence-electron chi connectivity index (χ4n) is 5.17. The van der Waals surface area contributed by atoms with Gasteiger partial charge in [-0.15, -0.1) is 0 Å². The molecule has 0 unspecified atom stereocenters. The fourth-order valence-corrected chi connectivity index (χ4v) is 5.35. The first kappa shape index (κ1) is 25.4. The smallest absolute Gasteiger partial charge is 0.119 e. The average Bonchev–Trinajstić information content (AvgIpc) is 3.33. The van der Waals surface area contributed by atoms with Crippen LogP contribution < -0.4 is 4.74 Å². The van der Waals surface area contributed by atoms with E-state index in [2.05, 4.69) is 6.92 Å². The van der Waals surface area contributed by atoms with E-state index < -0.39 is 37.1 Å². The molecular formula is C27H35ClO6. The van der Waals surface area contributed by atoms with Crippen LogP contribution in [0.1, 0.15) is 61.8 Å². The van der Waals surface area contributed by atoms with Gasteiger partial charge in [-0.2, -0.15) is 0 Å². The highest BCUT2D eigenvalue weighted by atomic mass is 35.5. The number of halogens is 1. The van der Waals surface area contributed by atoms with Gasteiger partial charge in [0.25, 0.3) is 0 Å². The van der Waals surface area contributed by atoms with Crippen molar-refractivity contribution in [3.05, 3.63) is 64.2 Å². The third-order valence-electron chi connectivity index (χ3n) is 7.57. The Morgan fingerprint density at radius 1 is 1.00 bits per heavy atom. The molecule has 6 nitrogen and oxygen atoms in total. The molecule has 0 aromatic heterocycles. The van der Waals surface area contributed by atoms with Gasteiger partial charge in [0, 0.05) is 10.4 Å². The predicted octanol–water partition coefficient (Wildman–Crippen LogP) is 3.79. The van der Waals surface area contributed by atoms with Crippen molar-refractivity contribution in [1.29, 1.82) is 0 Å². The molecule has 0 radical (unpaired) electrons. The van der Waals surface area contributed by atoms with E-state index in [0.29, 0.717) is 22.4 Å². The van der Waals surface area contributed by atoms with Gasteiger partial charge >= 0.3 is 0 Å². The molecule has 1 heterocycles. The van der Waals surface area contributed by atoms with Gasteiger partial charge in [-0.05, 0) is 60.6 Å². The molecule has 2 aliphatic rings. The lowest BCUT2D eigenvalue weighted by Crippen LogP contribution is -2.55. The second kappa shape index (κ2) is 10.9. The second-order valence-electron chi connectivity index (χ2n) is 9.77. The molecule has 1 aliphatic heterocycles. The summed E-state index contributed by atoms with van der Waals surface area (Å²) in [5.74, 6) is 0.865. The molecule has 1 aliphatic carbocycles. The molecule has 4 rings (SSSR count). The minimum absolute atomic E-state index is 0.317. The Labute approximate surface area is 206 Å². The number of ether oxygens (including phenoxy) is 2. The zero-order chi connectivity index (χ0) is 24.3. The Morgan fingerprint density at radius 2 is 1.71 bits per heavy atom. The standard InChI is InChI=1S/C27H35ClO6/c1-2-27(11-3-4-12-27)16-33-20-8-5-17(6-9-20)13-19-14-18(7-10-21(19)28)26-25(32)24(31)23(30)22(15-29)34-26/h5-10,14,22-26,29-32H,2-4,11-13,15-16H2,1H3/t22-,23-,24+,25-,26-/m1/s1. The Balaban J connectivity index is 1.44. The molecular weight excluding hydrogens is 456 g/mol. The predicted molar refractivity (Wildman–Crippen MR) is 130 cm³/mol. The van der Waals surface area contributed by atoms with Crippen molar-refractivity contribution in [2.75, 3.05) is 13.2 Å². The maximum Gasteiger partial charge on any atom is 0.119 e. The van der Waals surface area contributed by atoms with E-state index in [1.54, 1.807) is 12.1 Å². The molecule has 2 fully saturated rings. The zero-order valence-electron chi connectivity index (χ0n) is 19.6. The van der Waals surface area contributed by atoms with Crippen molar-refractivity contribution < 1.29 is 29.9 Å². The molecule has 1 saturated carbocycles. The first-order valence-electron chi connectivity index (χ1n) is 12.2. The van der Waals surface area contributed by atoms with E-state index in [-0.39, 0.29) is 0 Å². The Bertz CT molecular complexity index is 941. The maximum atomic E-state index is 10.5. The van der Waals surface area contributed by atoms with Gasteiger partial charge in [-0.3, -0.25) is 0 Å². The lowest BCUT2D eigenvalue weighted by atomic mass is 9.84. The highest BCUT2D eigenvalue weighted by molar-refractivity contribution is 6.31. The summed E-state index contributed by atoms with van der Waals surface area (Å²) in [4.78, 5) is 0. The van der Waals surface area contributed by atoms with Crippen LogP contribution in [0.4, 0.5) is 0 Å². The zero-order valence-corrected chi connectivity index (χ0v) is 20.3. The van der Waals surface area contributed by atoms with Crippen molar-refractivity contribution >= 4 is 11.6 Å². The van der Waals surface area contributed by atoms with Gasteiger partial charge < -0.3 is 29.9 Å². The fraction of sp³-hybridized carbons (Fsp3) is 0.556. The first-order chi connectivity index (χ1) is 16.4. The molecule has 7 heteroatoms. The van der Waals surface area contributed by atoms with E-state index in [1.165, 1.54) is 25.7 Å². The normalized spacial score (nSPS) is 28.7. The monoisotopic (exact) mass is 490 g/mol. The van der Waals surface area contributed by atoms with Gasteiger partial charge in [-0.1, -0.05) is 55.6 Å². The van der Waals surface area contributed by atoms with E-state index in [9.17, 15) is 20.4 Å². The third-order valence-corrected chi connectivity index (χ3v) is 7.94. The minimum atomic E-state index is -1.42. The Morgan fingerprint density at radius 3 is 2.35 bits per heavy atom. The van der Waals surface area contributed by atoms with E-state index >= 15 is 0 Å². The second-order valence-corrected chi connectivity index (χ2v) is 10.2. The van der Waals surface area contributed by atoms with Crippen LogP contribution in [0.2, 0.25) is 5.02 Å². The molecule has 4 N–H and O–H groups in total. The quantitative estimate of drug-likeness (QED) is 0.449. The summed E-state index contributed by atoms with van der Waals surface area (Å²) in [6, 6.07) is 13.3. The Kier molecular flexibility index (Phi) is 8.18. The van der Waals surface area contributed by atoms with E-state index in [1.807, 2.05) is 30.3 Å². The number of aliphatic hydroxyl groups excluding tert-OH is 4. The lowest BCUT2D eigenvalue weighted by molar-refractivity contribution is -0.231. The van der Waals surface area contributed by atoms with Gasteiger partial charge in [0.15, 0.2) is 0 Å². The van der Waals surface area contributed by atoms with Gasteiger partial charge in [0.05, 0.1) is 13.2 Å². The largest absolute Gasteiger partial charge is 0.493 e. The summed E-state index contributed by atoms with van der Waals surface area (Å²) in [7, 11) is 0. The Hall–Kier alpha value is -1.67. The summed E-state index contributed by atoms with van der Waals surface area (Å²) < 4.78 is 11.8. The van der Waals surface area contributed by atoms with Crippen LogP contribution in [0.25, 0.3) is 0 Å². The van der Waals surface area contributed by atoms with Crippen LogP contribution in [-0.2, 0) is 11.2 Å². The lowest BCUT2D eigenvalue weighted by Gasteiger charge is -2.40. The molecule has 5 atom stereocenters. The summed E-state index contributed by atoms with van der Waals surface area (Å²) >= 11 is 6.46. The van der Waals surface area contributed by atoms with Crippen molar-refractivity contribution in [3.8, 4) is 5.75 Å². The summed E-state index contributed by atoms with van der Waals surface area (Å²) in [6.07, 6.45) is 0.818. The van der Waals surface area contributed by atoms with Crippen molar-refractivity contribution in [2.45, 2.75) is 76.0 Å². The van der Waals surface area contributed by atoms with Gasteiger partial charge in [0.2, 0.25) is 0 Å². The van der Waals surface area contributed by atoms with Crippen molar-refractivity contribution in [3.63, 3.8) is 0 Å². The SMILES string of the molecule is CCC1(COc2ccc(Cc3cc([C@H]4O[C@H](CO)[C@@H](O)[C@H](O)[C@H]4O)ccc3Cl)cc2)CCCC1. The molecule has 0 spiro atoms. The first-order valence-corrected chi connectivity index (χ1v) is 12.5. The molecule has 2 aromatic rings. The number of hydrogen-bond donors (Lipinski definition) is 4. The topological polar surface area (TPSA) is 99.4 Å². The summed E-state index contributed by atoms with van der Waals surface area (Å²) in [5, 5.41) is 40.7. The van der Waals surface area contributed by atoms with E-state index in [0.717, 1.165) is 29.9 Å². The third kappa shape index (κ3) is 5.43. The molecule has 186 valence electrons. The molecule has 0 amide bonds. The van der Waals surface area contributed by atoms with Gasteiger partial charge in [-0.25, -0.2) is 0 Å². The van der Waals surface area contributed by atoms with Gasteiger partial charge in [0.1, 0.15) is 36.3 Å². The number of benzene rings is 2. The average molecular weight is 491 g/mol.